The second-order valence-corrected chi connectivity index (χ2v) is 3.43. The van der Waals surface area contributed by atoms with Crippen molar-refractivity contribution in [1.82, 2.24) is 5.32 Å². The van der Waals surface area contributed by atoms with E-state index in [9.17, 15) is 4.79 Å². The van der Waals surface area contributed by atoms with Crippen LogP contribution < -0.4 is 11.1 Å². The molecule has 1 aromatic rings. The molecule has 0 aromatic heterocycles. The molecule has 0 saturated carbocycles. The largest absolute Gasteiger partial charge is 0.348 e. The molecule has 3 nitrogen and oxygen atoms in total. The molecule has 1 amide bonds. The highest BCUT2D eigenvalue weighted by Crippen LogP contribution is 2.10. The number of hydrogen-bond acceptors (Lipinski definition) is 2. The third-order valence-electron chi connectivity index (χ3n) is 2.07. The summed E-state index contributed by atoms with van der Waals surface area (Å²) in [6.45, 7) is 3.61. The van der Waals surface area contributed by atoms with Crippen LogP contribution in [0.1, 0.15) is 25.5 Å². The topological polar surface area (TPSA) is 55.1 Å². The van der Waals surface area contributed by atoms with Gasteiger partial charge < -0.3 is 11.1 Å². The first kappa shape index (κ1) is 10.7. The van der Waals surface area contributed by atoms with E-state index >= 15 is 0 Å². The second-order valence-electron chi connectivity index (χ2n) is 3.43. The van der Waals surface area contributed by atoms with Crippen molar-refractivity contribution in [1.29, 1.82) is 0 Å². The van der Waals surface area contributed by atoms with Crippen LogP contribution in [0.15, 0.2) is 30.3 Å². The Morgan fingerprint density at radius 3 is 2.36 bits per heavy atom. The van der Waals surface area contributed by atoms with Gasteiger partial charge in [-0.25, -0.2) is 0 Å². The Kier molecular flexibility index (Phi) is 3.65. The monoisotopic (exact) mass is 192 g/mol. The molecule has 2 atom stereocenters. The third kappa shape index (κ3) is 2.85. The van der Waals surface area contributed by atoms with Gasteiger partial charge in [0.15, 0.2) is 0 Å². The van der Waals surface area contributed by atoms with Crippen LogP contribution in [0, 0.1) is 0 Å². The standard InChI is InChI=1S/C11H16N2O/c1-8(12)11(14)13-9(2)10-6-4-3-5-7-10/h3-9H,12H2,1-2H3,(H,13,14)/t8-,9-/m1/s1. The van der Waals surface area contributed by atoms with Crippen LogP contribution in [0.2, 0.25) is 0 Å². The Balaban J connectivity index is 2.59. The van der Waals surface area contributed by atoms with Crippen LogP contribution in [-0.4, -0.2) is 11.9 Å². The summed E-state index contributed by atoms with van der Waals surface area (Å²) in [4.78, 5) is 11.3. The number of hydrogen-bond donors (Lipinski definition) is 2. The minimum Gasteiger partial charge on any atom is -0.348 e. The maximum Gasteiger partial charge on any atom is 0.237 e. The van der Waals surface area contributed by atoms with Gasteiger partial charge in [0, 0.05) is 0 Å². The van der Waals surface area contributed by atoms with Gasteiger partial charge in [-0.3, -0.25) is 4.79 Å². The van der Waals surface area contributed by atoms with Crippen molar-refractivity contribution in [2.75, 3.05) is 0 Å². The highest BCUT2D eigenvalue weighted by atomic mass is 16.2. The fraction of sp³-hybridized carbons (Fsp3) is 0.364. The molecule has 0 heterocycles. The smallest absolute Gasteiger partial charge is 0.237 e. The Labute approximate surface area is 84.3 Å². The first-order valence-corrected chi connectivity index (χ1v) is 4.72. The predicted octanol–water partition coefficient (Wildman–Crippen LogP) is 1.21. The zero-order valence-electron chi connectivity index (χ0n) is 8.53. The van der Waals surface area contributed by atoms with E-state index in [-0.39, 0.29) is 11.9 Å². The number of carbonyl (C=O) groups is 1. The van der Waals surface area contributed by atoms with Crippen molar-refractivity contribution >= 4 is 5.91 Å². The number of nitrogens with two attached hydrogens (primary N) is 1. The minimum atomic E-state index is -0.457. The molecular formula is C11H16N2O. The van der Waals surface area contributed by atoms with Gasteiger partial charge in [0.25, 0.3) is 0 Å². The summed E-state index contributed by atoms with van der Waals surface area (Å²) in [5, 5.41) is 2.83. The fourth-order valence-corrected chi connectivity index (χ4v) is 1.17. The van der Waals surface area contributed by atoms with Crippen LogP contribution >= 0.6 is 0 Å². The van der Waals surface area contributed by atoms with Gasteiger partial charge in [0.2, 0.25) is 5.91 Å². The van der Waals surface area contributed by atoms with Crippen LogP contribution in [0.3, 0.4) is 0 Å². The average Bonchev–Trinajstić information content (AvgIpc) is 2.19. The summed E-state index contributed by atoms with van der Waals surface area (Å²) in [6.07, 6.45) is 0. The molecule has 0 aliphatic heterocycles. The van der Waals surface area contributed by atoms with E-state index in [1.165, 1.54) is 0 Å². The minimum absolute atomic E-state index is 0.00898. The SMILES string of the molecule is C[C@@H](N)C(=O)N[C@H](C)c1ccccc1. The number of amides is 1. The lowest BCUT2D eigenvalue weighted by atomic mass is 10.1. The van der Waals surface area contributed by atoms with Crippen molar-refractivity contribution in [3.63, 3.8) is 0 Å². The van der Waals surface area contributed by atoms with Gasteiger partial charge >= 0.3 is 0 Å². The molecule has 76 valence electrons. The molecule has 0 saturated heterocycles. The highest BCUT2D eigenvalue weighted by Gasteiger charge is 2.11. The summed E-state index contributed by atoms with van der Waals surface area (Å²) in [6, 6.07) is 9.35. The molecule has 0 radical (unpaired) electrons. The van der Waals surface area contributed by atoms with E-state index in [1.54, 1.807) is 6.92 Å². The molecule has 0 bridgehead atoms. The molecule has 0 spiro atoms. The number of nitrogens with one attached hydrogen (secondary N) is 1. The van der Waals surface area contributed by atoms with E-state index in [4.69, 9.17) is 5.73 Å². The Morgan fingerprint density at radius 1 is 1.29 bits per heavy atom. The average molecular weight is 192 g/mol. The Hall–Kier alpha value is -1.35. The van der Waals surface area contributed by atoms with Crippen molar-refractivity contribution in [2.45, 2.75) is 25.9 Å². The maximum atomic E-state index is 11.3. The number of carbonyl (C=O) groups excluding carboxylic acids is 1. The van der Waals surface area contributed by atoms with Crippen molar-refractivity contribution in [2.24, 2.45) is 5.73 Å². The molecule has 3 N–H and O–H groups in total. The Bertz CT molecular complexity index is 295. The molecule has 0 aliphatic carbocycles. The van der Waals surface area contributed by atoms with E-state index < -0.39 is 6.04 Å². The molecule has 0 unspecified atom stereocenters. The van der Waals surface area contributed by atoms with Crippen molar-refractivity contribution < 1.29 is 4.79 Å². The molecule has 14 heavy (non-hydrogen) atoms. The maximum absolute atomic E-state index is 11.3. The van der Waals surface area contributed by atoms with Crippen molar-refractivity contribution in [3.8, 4) is 0 Å². The quantitative estimate of drug-likeness (QED) is 0.756. The molecule has 0 aliphatic rings. The number of benzene rings is 1. The van der Waals surface area contributed by atoms with E-state index in [2.05, 4.69) is 5.32 Å². The summed E-state index contributed by atoms with van der Waals surface area (Å²) in [7, 11) is 0. The number of rotatable bonds is 3. The second kappa shape index (κ2) is 4.77. The normalized spacial score (nSPS) is 14.5. The van der Waals surface area contributed by atoms with E-state index in [0.29, 0.717) is 0 Å². The van der Waals surface area contributed by atoms with Crippen LogP contribution in [0.25, 0.3) is 0 Å². The van der Waals surface area contributed by atoms with Gasteiger partial charge in [-0.2, -0.15) is 0 Å². The Morgan fingerprint density at radius 2 is 1.86 bits per heavy atom. The summed E-state index contributed by atoms with van der Waals surface area (Å²) >= 11 is 0. The lowest BCUT2D eigenvalue weighted by Gasteiger charge is -2.15. The van der Waals surface area contributed by atoms with Gasteiger partial charge in [0.05, 0.1) is 12.1 Å². The van der Waals surface area contributed by atoms with E-state index in [1.807, 2.05) is 37.3 Å². The summed E-state index contributed by atoms with van der Waals surface area (Å²) < 4.78 is 0. The third-order valence-corrected chi connectivity index (χ3v) is 2.07. The van der Waals surface area contributed by atoms with Crippen LogP contribution in [0.5, 0.6) is 0 Å². The first-order valence-electron chi connectivity index (χ1n) is 4.72. The lowest BCUT2D eigenvalue weighted by molar-refractivity contribution is -0.122. The predicted molar refractivity (Wildman–Crippen MR) is 56.6 cm³/mol. The molecule has 1 rings (SSSR count). The van der Waals surface area contributed by atoms with Gasteiger partial charge in [-0.15, -0.1) is 0 Å². The highest BCUT2D eigenvalue weighted by molar-refractivity contribution is 5.81. The van der Waals surface area contributed by atoms with Crippen LogP contribution in [-0.2, 0) is 4.79 Å². The van der Waals surface area contributed by atoms with Crippen LogP contribution in [0.4, 0.5) is 0 Å². The first-order chi connectivity index (χ1) is 6.61. The zero-order valence-corrected chi connectivity index (χ0v) is 8.53. The lowest BCUT2D eigenvalue weighted by Crippen LogP contribution is -2.39. The van der Waals surface area contributed by atoms with E-state index in [0.717, 1.165) is 5.56 Å². The molecule has 1 aromatic carbocycles. The van der Waals surface area contributed by atoms with Gasteiger partial charge in [-0.1, -0.05) is 30.3 Å². The summed E-state index contributed by atoms with van der Waals surface area (Å²) in [5.41, 5.74) is 6.53. The summed E-state index contributed by atoms with van der Waals surface area (Å²) in [5.74, 6) is -0.124. The molecular weight excluding hydrogens is 176 g/mol. The fourth-order valence-electron chi connectivity index (χ4n) is 1.17. The van der Waals surface area contributed by atoms with Crippen molar-refractivity contribution in [3.05, 3.63) is 35.9 Å². The van der Waals surface area contributed by atoms with Gasteiger partial charge in [0.1, 0.15) is 0 Å². The molecule has 3 heteroatoms. The zero-order chi connectivity index (χ0) is 10.6. The molecule has 0 fully saturated rings. The van der Waals surface area contributed by atoms with Gasteiger partial charge in [-0.05, 0) is 19.4 Å².